The minimum atomic E-state index is 0.392. The maximum absolute atomic E-state index is 13.0. The van der Waals surface area contributed by atoms with Crippen molar-refractivity contribution < 1.29 is 0 Å². The Balaban J connectivity index is 0.978. The quantitative estimate of drug-likeness (QED) is 0.136. The topological polar surface area (TPSA) is 95.1 Å². The van der Waals surface area contributed by atoms with Crippen LogP contribution in [0.2, 0.25) is 0 Å². The molecule has 0 N–H and O–H groups in total. The van der Waals surface area contributed by atoms with Crippen LogP contribution in [0.15, 0.2) is 285 Å². The summed E-state index contributed by atoms with van der Waals surface area (Å²) in [6.07, 6.45) is 3.78. The number of aromatic nitrogens is 8. The van der Waals surface area contributed by atoms with Crippen LogP contribution in [0.5, 0.6) is 0 Å². The number of fused-ring (bicyclic) bond motifs is 12. The second-order valence-corrected chi connectivity index (χ2v) is 27.4. The van der Waals surface area contributed by atoms with Crippen LogP contribution in [0.25, 0.3) is 178 Å². The summed E-state index contributed by atoms with van der Waals surface area (Å²) in [7, 11) is 0. The standard InChI is InChI=1S/C93H65N9/c1-55-21-39-79-71(47-55)72-48-56(2)22-40-80(72)99(79)66-33-27-61(28-34-66)86-77(53-94)90(102-78-20-14-13-19-69(78)70-45-46-95-54-85(70)102)89(93-97-91(64-15-9-7-10-16-64)96-92(98-93)65-17-11-8-12-18-65)88(63-31-37-68(38-32-63)101-83-43-25-59(5)51-75(83)76-52-60(6)26-44-84(76)101)87(86)62-29-35-67(36-30-62)100-81-41-23-57(3)49-73(81)74-50-58(4)24-42-82(74)100/h7-52,54H,1-6H3. The summed E-state index contributed by atoms with van der Waals surface area (Å²) < 4.78 is 9.39. The number of rotatable bonds is 10. The van der Waals surface area contributed by atoms with E-state index in [0.29, 0.717) is 34.3 Å². The molecule has 6 heterocycles. The van der Waals surface area contributed by atoms with Crippen molar-refractivity contribution in [1.29, 1.82) is 5.26 Å². The van der Waals surface area contributed by atoms with E-state index < -0.39 is 0 Å². The number of hydrogen-bond acceptors (Lipinski definition) is 5. The fourth-order valence-electron chi connectivity index (χ4n) is 16.1. The molecule has 0 aliphatic heterocycles. The smallest absolute Gasteiger partial charge is 0.166 e. The van der Waals surface area contributed by atoms with Crippen LogP contribution in [-0.2, 0) is 0 Å². The van der Waals surface area contributed by atoms with Gasteiger partial charge in [0.05, 0.1) is 67.1 Å². The third kappa shape index (κ3) is 9.52. The fourth-order valence-corrected chi connectivity index (χ4v) is 16.1. The van der Waals surface area contributed by atoms with E-state index >= 15 is 0 Å². The van der Waals surface area contributed by atoms with Crippen molar-refractivity contribution in [2.24, 2.45) is 0 Å². The summed E-state index contributed by atoms with van der Waals surface area (Å²) >= 11 is 0. The Kier molecular flexibility index (Phi) is 13.8. The molecular formula is C93H65N9. The van der Waals surface area contributed by atoms with E-state index in [1.165, 1.54) is 65.7 Å². The number of nitrogens with zero attached hydrogens (tertiary/aromatic N) is 9. The normalized spacial score (nSPS) is 11.8. The number of para-hydroxylation sites is 1. The highest BCUT2D eigenvalue weighted by Crippen LogP contribution is 2.53. The lowest BCUT2D eigenvalue weighted by Crippen LogP contribution is -2.10. The van der Waals surface area contributed by atoms with Gasteiger partial charge >= 0.3 is 0 Å². The van der Waals surface area contributed by atoms with Crippen molar-refractivity contribution >= 4 is 87.2 Å². The molecule has 9 nitrogen and oxygen atoms in total. The molecule has 0 bridgehead atoms. The molecule has 0 aliphatic carbocycles. The molecule has 6 aromatic heterocycles. The van der Waals surface area contributed by atoms with Crippen LogP contribution in [0.1, 0.15) is 38.9 Å². The van der Waals surface area contributed by atoms with Crippen molar-refractivity contribution in [2.45, 2.75) is 41.5 Å². The van der Waals surface area contributed by atoms with Gasteiger partial charge in [0.2, 0.25) is 0 Å². The van der Waals surface area contributed by atoms with Crippen LogP contribution in [0, 0.1) is 52.9 Å². The summed E-state index contributed by atoms with van der Waals surface area (Å²) in [6, 6.07) is 101. The second kappa shape index (κ2) is 23.4. The van der Waals surface area contributed by atoms with Crippen molar-refractivity contribution in [3.8, 4) is 96.4 Å². The molecule has 0 amide bonds. The van der Waals surface area contributed by atoms with Gasteiger partial charge in [0.25, 0.3) is 0 Å². The highest BCUT2D eigenvalue weighted by atomic mass is 15.1. The van der Waals surface area contributed by atoms with Crippen LogP contribution in [0.4, 0.5) is 0 Å². The number of aryl methyl sites for hydroxylation is 6. The third-order valence-electron chi connectivity index (χ3n) is 20.7. The maximum atomic E-state index is 13.0. The molecule has 0 saturated heterocycles. The van der Waals surface area contributed by atoms with E-state index in [-0.39, 0.29) is 0 Å². The average molecular weight is 1310 g/mol. The molecular weight excluding hydrogens is 1240 g/mol. The first-order valence-corrected chi connectivity index (χ1v) is 34.7. The second-order valence-electron chi connectivity index (χ2n) is 27.4. The SMILES string of the molecule is Cc1ccc2c(c1)c1cc(C)ccc1n2-c1ccc(-c2c(C#N)c(-n3c4ccccc4c4ccncc43)c(-c3nc(-c4ccccc4)nc(-c4ccccc4)n3)c(-c3ccc(-n4c5ccc(C)cc5c5cc(C)ccc54)cc3)c2-c2ccc(-n3c4ccc(C)cc4c4cc(C)ccc43)cc2)cc1. The van der Waals surface area contributed by atoms with E-state index in [1.54, 1.807) is 0 Å². The molecule has 0 aliphatic rings. The molecule has 19 rings (SSSR count). The minimum Gasteiger partial charge on any atom is -0.309 e. The zero-order valence-electron chi connectivity index (χ0n) is 57.2. The molecule has 0 unspecified atom stereocenters. The van der Waals surface area contributed by atoms with E-state index in [1.807, 2.05) is 73.1 Å². The molecule has 19 aromatic rings. The first kappa shape index (κ1) is 59.9. The van der Waals surface area contributed by atoms with Gasteiger partial charge in [0, 0.05) is 88.6 Å². The van der Waals surface area contributed by atoms with Gasteiger partial charge in [-0.15, -0.1) is 0 Å². The van der Waals surface area contributed by atoms with Crippen molar-refractivity contribution in [1.82, 2.24) is 38.2 Å². The van der Waals surface area contributed by atoms with Crippen LogP contribution in [-0.4, -0.2) is 38.2 Å². The Morgan fingerprint density at radius 2 is 0.588 bits per heavy atom. The first-order chi connectivity index (χ1) is 50.0. The molecule has 102 heavy (non-hydrogen) atoms. The van der Waals surface area contributed by atoms with Gasteiger partial charge in [0.15, 0.2) is 17.5 Å². The molecule has 0 radical (unpaired) electrons. The monoisotopic (exact) mass is 1310 g/mol. The summed E-state index contributed by atoms with van der Waals surface area (Å²) in [5.41, 5.74) is 27.0. The van der Waals surface area contributed by atoms with E-state index in [9.17, 15) is 5.26 Å². The number of benzene rings is 13. The average Bonchev–Trinajstić information content (AvgIpc) is 0.806. The molecule has 482 valence electrons. The Hall–Kier alpha value is -13.3. The van der Waals surface area contributed by atoms with E-state index in [2.05, 4.69) is 278 Å². The lowest BCUT2D eigenvalue weighted by Gasteiger charge is -2.27. The highest BCUT2D eigenvalue weighted by Gasteiger charge is 2.33. The van der Waals surface area contributed by atoms with Crippen LogP contribution >= 0.6 is 0 Å². The van der Waals surface area contributed by atoms with E-state index in [0.717, 1.165) is 116 Å². The molecule has 0 fully saturated rings. The predicted octanol–water partition coefficient (Wildman–Crippen LogP) is 23.4. The molecule has 13 aromatic carbocycles. The molecule has 0 atom stereocenters. The Bertz CT molecular complexity index is 6430. The number of nitriles is 1. The maximum Gasteiger partial charge on any atom is 0.166 e. The van der Waals surface area contributed by atoms with E-state index in [4.69, 9.17) is 19.9 Å². The van der Waals surface area contributed by atoms with Crippen molar-refractivity contribution in [3.63, 3.8) is 0 Å². The first-order valence-electron chi connectivity index (χ1n) is 34.7. The Labute approximate surface area is 589 Å². The number of hydrogen-bond donors (Lipinski definition) is 0. The van der Waals surface area contributed by atoms with Gasteiger partial charge in [-0.25, -0.2) is 15.0 Å². The Morgan fingerprint density at radius 1 is 0.265 bits per heavy atom. The van der Waals surface area contributed by atoms with Gasteiger partial charge in [-0.05, 0) is 185 Å². The molecule has 9 heteroatoms. The lowest BCUT2D eigenvalue weighted by atomic mass is 9.80. The summed E-state index contributed by atoms with van der Waals surface area (Å²) in [4.78, 5) is 21.7. The molecule has 0 spiro atoms. The van der Waals surface area contributed by atoms with Crippen molar-refractivity contribution in [2.75, 3.05) is 0 Å². The predicted molar refractivity (Wildman–Crippen MR) is 421 cm³/mol. The third-order valence-corrected chi connectivity index (χ3v) is 20.7. The zero-order chi connectivity index (χ0) is 68.6. The fraction of sp³-hybridized carbons (Fsp3) is 0.0645. The Morgan fingerprint density at radius 3 is 0.971 bits per heavy atom. The van der Waals surface area contributed by atoms with Gasteiger partial charge < -0.3 is 18.3 Å². The summed E-state index contributed by atoms with van der Waals surface area (Å²) in [5, 5.41) is 22.2. The largest absolute Gasteiger partial charge is 0.309 e. The number of pyridine rings is 1. The van der Waals surface area contributed by atoms with Gasteiger partial charge in [-0.2, -0.15) is 5.26 Å². The zero-order valence-corrected chi connectivity index (χ0v) is 57.2. The molecule has 0 saturated carbocycles. The summed E-state index contributed by atoms with van der Waals surface area (Å²) in [5.74, 6) is 1.37. The van der Waals surface area contributed by atoms with Gasteiger partial charge in [0.1, 0.15) is 6.07 Å². The van der Waals surface area contributed by atoms with Gasteiger partial charge in [-0.1, -0.05) is 185 Å². The minimum absolute atomic E-state index is 0.392. The van der Waals surface area contributed by atoms with Crippen LogP contribution < -0.4 is 0 Å². The van der Waals surface area contributed by atoms with Gasteiger partial charge in [-0.3, -0.25) is 4.98 Å². The van der Waals surface area contributed by atoms with Crippen molar-refractivity contribution in [3.05, 3.63) is 324 Å². The van der Waals surface area contributed by atoms with Crippen LogP contribution in [0.3, 0.4) is 0 Å². The lowest BCUT2D eigenvalue weighted by molar-refractivity contribution is 1.06. The summed E-state index contributed by atoms with van der Waals surface area (Å²) in [6.45, 7) is 13.0. The highest BCUT2D eigenvalue weighted by molar-refractivity contribution is 6.15.